The van der Waals surface area contributed by atoms with E-state index in [9.17, 15) is 18.4 Å². The highest BCUT2D eigenvalue weighted by atomic mass is 19.1. The van der Waals surface area contributed by atoms with E-state index in [1.165, 1.54) is 10.6 Å². The Hall–Kier alpha value is -4.47. The summed E-state index contributed by atoms with van der Waals surface area (Å²) in [4.78, 5) is 34.9. The molecule has 0 aromatic carbocycles. The molecule has 3 aromatic rings. The molecule has 40 heavy (non-hydrogen) atoms. The minimum Gasteiger partial charge on any atom is -0.462 e. The fraction of sp³-hybridized carbons (Fsp3) is 0.444. The number of nitrogens with zero attached hydrogens (tertiary/aromatic N) is 5. The molecule has 11 nitrogen and oxygen atoms in total. The van der Waals surface area contributed by atoms with Gasteiger partial charge in [-0.25, -0.2) is 32.9 Å². The molecule has 3 atom stereocenters. The first-order chi connectivity index (χ1) is 18.9. The molecule has 13 heteroatoms. The standard InChI is InChI=1S/C27H31F2N7O4/c1-6-39-25(37)22-23(30)34-36-10-9-21(33-24(22)36)35-14-17(29)12-20(35)18-11-16(28)13-31-19(18)8-7-15(2)32-26(38)40-27(3,4)5/h9-11,13,15,17,20H,6,12,14H2,1-5H3,(H2,30,34)(H,32,38)/t15-,17+,20-/m1/s1. The molecule has 0 radical (unpaired) electrons. The van der Waals surface area contributed by atoms with E-state index in [4.69, 9.17) is 15.2 Å². The number of amides is 1. The van der Waals surface area contributed by atoms with Crippen LogP contribution in [0.5, 0.6) is 0 Å². The molecule has 4 rings (SSSR count). The number of alkyl carbamates (subject to hydrolysis) is 1. The number of halogens is 2. The second kappa shape index (κ2) is 11.3. The molecule has 1 aliphatic rings. The maximum absolute atomic E-state index is 14.9. The van der Waals surface area contributed by atoms with Crippen molar-refractivity contribution >= 4 is 29.3 Å². The first-order valence-corrected chi connectivity index (χ1v) is 12.8. The van der Waals surface area contributed by atoms with Crippen molar-refractivity contribution in [1.29, 1.82) is 0 Å². The molecule has 1 saturated heterocycles. The van der Waals surface area contributed by atoms with Crippen molar-refractivity contribution in [2.45, 2.75) is 64.9 Å². The molecular formula is C27H31F2N7O4. The van der Waals surface area contributed by atoms with Crippen LogP contribution in [0, 0.1) is 17.7 Å². The number of ether oxygens (including phenoxy) is 2. The molecule has 4 heterocycles. The van der Waals surface area contributed by atoms with E-state index in [-0.39, 0.29) is 42.3 Å². The van der Waals surface area contributed by atoms with Gasteiger partial charge in [0, 0.05) is 18.2 Å². The van der Waals surface area contributed by atoms with Gasteiger partial charge in [0.25, 0.3) is 0 Å². The number of carbonyl (C=O) groups excluding carboxylic acids is 2. The maximum Gasteiger partial charge on any atom is 0.408 e. The monoisotopic (exact) mass is 555 g/mol. The van der Waals surface area contributed by atoms with E-state index in [1.807, 2.05) is 0 Å². The number of anilines is 2. The topological polar surface area (TPSA) is 137 Å². The van der Waals surface area contributed by atoms with Crippen LogP contribution < -0.4 is 16.0 Å². The van der Waals surface area contributed by atoms with Crippen molar-refractivity contribution in [1.82, 2.24) is 24.9 Å². The highest BCUT2D eigenvalue weighted by Gasteiger charge is 2.36. The van der Waals surface area contributed by atoms with Gasteiger partial charge in [-0.15, -0.1) is 5.10 Å². The Bertz CT molecular complexity index is 1490. The van der Waals surface area contributed by atoms with Gasteiger partial charge in [-0.1, -0.05) is 5.92 Å². The number of rotatable bonds is 5. The Balaban J connectivity index is 1.67. The van der Waals surface area contributed by atoms with Crippen LogP contribution in [-0.2, 0) is 9.47 Å². The van der Waals surface area contributed by atoms with E-state index in [0.29, 0.717) is 11.4 Å². The van der Waals surface area contributed by atoms with E-state index < -0.39 is 41.7 Å². The van der Waals surface area contributed by atoms with Gasteiger partial charge < -0.3 is 25.4 Å². The summed E-state index contributed by atoms with van der Waals surface area (Å²) in [6.45, 7) is 8.66. The van der Waals surface area contributed by atoms with Crippen LogP contribution in [0.3, 0.4) is 0 Å². The first kappa shape index (κ1) is 28.5. The van der Waals surface area contributed by atoms with Crippen molar-refractivity contribution in [3.8, 4) is 11.8 Å². The SMILES string of the molecule is CCOC(=O)c1c(N)nn2ccc(N3C[C@@H](F)C[C@@H]3c3cc(F)cnc3C#C[C@@H](C)NC(=O)OC(C)(C)C)nc12. The Morgan fingerprint density at radius 2 is 2.10 bits per heavy atom. The number of pyridine rings is 1. The summed E-state index contributed by atoms with van der Waals surface area (Å²) in [6, 6.07) is 1.58. The van der Waals surface area contributed by atoms with Crippen molar-refractivity contribution < 1.29 is 27.8 Å². The van der Waals surface area contributed by atoms with Crippen LogP contribution in [0.1, 0.15) is 68.7 Å². The van der Waals surface area contributed by atoms with Crippen molar-refractivity contribution in [2.24, 2.45) is 0 Å². The van der Waals surface area contributed by atoms with Gasteiger partial charge in [0.15, 0.2) is 11.5 Å². The van der Waals surface area contributed by atoms with Crippen molar-refractivity contribution in [3.63, 3.8) is 0 Å². The third-order valence-electron chi connectivity index (χ3n) is 5.90. The predicted octanol–water partition coefficient (Wildman–Crippen LogP) is 3.58. The molecule has 0 spiro atoms. The highest BCUT2D eigenvalue weighted by Crippen LogP contribution is 2.38. The number of esters is 1. The molecule has 1 aliphatic heterocycles. The molecule has 1 fully saturated rings. The van der Waals surface area contributed by atoms with Gasteiger partial charge >= 0.3 is 12.1 Å². The first-order valence-electron chi connectivity index (χ1n) is 12.8. The van der Waals surface area contributed by atoms with Crippen molar-refractivity contribution in [2.75, 3.05) is 23.8 Å². The van der Waals surface area contributed by atoms with Crippen LogP contribution in [0.4, 0.5) is 25.2 Å². The number of nitrogens with one attached hydrogen (secondary N) is 1. The molecule has 3 aromatic heterocycles. The Kier molecular flexibility index (Phi) is 8.08. The molecule has 0 bridgehead atoms. The summed E-state index contributed by atoms with van der Waals surface area (Å²) in [7, 11) is 0. The number of aromatic nitrogens is 4. The minimum atomic E-state index is -1.25. The van der Waals surface area contributed by atoms with Crippen LogP contribution in [0.15, 0.2) is 24.5 Å². The van der Waals surface area contributed by atoms with Gasteiger partial charge in [0.2, 0.25) is 0 Å². The highest BCUT2D eigenvalue weighted by molar-refractivity contribution is 6.00. The van der Waals surface area contributed by atoms with Crippen molar-refractivity contribution in [3.05, 3.63) is 47.2 Å². The average molecular weight is 556 g/mol. The molecule has 3 N–H and O–H groups in total. The number of nitrogens with two attached hydrogens (primary N) is 1. The smallest absolute Gasteiger partial charge is 0.408 e. The second-order valence-electron chi connectivity index (χ2n) is 10.3. The Labute approximate surface area is 230 Å². The van der Waals surface area contributed by atoms with Crippen LogP contribution in [0.2, 0.25) is 0 Å². The lowest BCUT2D eigenvalue weighted by molar-refractivity contribution is 0.0512. The zero-order chi connectivity index (χ0) is 29.2. The number of nitrogen functional groups attached to an aromatic ring is 1. The van der Waals surface area contributed by atoms with E-state index in [2.05, 4.69) is 32.2 Å². The summed E-state index contributed by atoms with van der Waals surface area (Å²) in [6.07, 6.45) is 0.724. The quantitative estimate of drug-likeness (QED) is 0.357. The molecule has 0 saturated carbocycles. The molecule has 0 aliphatic carbocycles. The lowest BCUT2D eigenvalue weighted by Crippen LogP contribution is -2.37. The summed E-state index contributed by atoms with van der Waals surface area (Å²) in [5.74, 6) is 4.74. The van der Waals surface area contributed by atoms with E-state index >= 15 is 0 Å². The summed E-state index contributed by atoms with van der Waals surface area (Å²) >= 11 is 0. The minimum absolute atomic E-state index is 0.00157. The fourth-order valence-electron chi connectivity index (χ4n) is 4.34. The molecule has 212 valence electrons. The third-order valence-corrected chi connectivity index (χ3v) is 5.90. The van der Waals surface area contributed by atoms with Crippen LogP contribution in [0.25, 0.3) is 5.65 Å². The number of carbonyl (C=O) groups is 2. The largest absolute Gasteiger partial charge is 0.462 e. The summed E-state index contributed by atoms with van der Waals surface area (Å²) in [5.41, 5.74) is 6.00. The number of alkyl halides is 1. The lowest BCUT2D eigenvalue weighted by Gasteiger charge is -2.26. The normalized spacial score (nSPS) is 17.7. The molecular weight excluding hydrogens is 524 g/mol. The lowest BCUT2D eigenvalue weighted by atomic mass is 10.0. The maximum atomic E-state index is 14.9. The van der Waals surface area contributed by atoms with Crippen LogP contribution >= 0.6 is 0 Å². The number of fused-ring (bicyclic) bond motifs is 1. The fourth-order valence-corrected chi connectivity index (χ4v) is 4.34. The number of hydrogen-bond donors (Lipinski definition) is 2. The van der Waals surface area contributed by atoms with Gasteiger partial charge in [-0.3, -0.25) is 0 Å². The van der Waals surface area contributed by atoms with Crippen LogP contribution in [-0.4, -0.2) is 62.6 Å². The van der Waals surface area contributed by atoms with E-state index in [1.54, 1.807) is 51.8 Å². The zero-order valence-electron chi connectivity index (χ0n) is 22.9. The Morgan fingerprint density at radius 1 is 1.35 bits per heavy atom. The zero-order valence-corrected chi connectivity index (χ0v) is 22.9. The van der Waals surface area contributed by atoms with Gasteiger partial charge in [-0.05, 0) is 52.7 Å². The average Bonchev–Trinajstić information content (AvgIpc) is 3.40. The van der Waals surface area contributed by atoms with Gasteiger partial charge in [0.05, 0.1) is 31.4 Å². The Morgan fingerprint density at radius 3 is 2.80 bits per heavy atom. The van der Waals surface area contributed by atoms with E-state index in [0.717, 1.165) is 6.20 Å². The second-order valence-corrected chi connectivity index (χ2v) is 10.3. The number of hydrogen-bond acceptors (Lipinski definition) is 9. The van der Waals surface area contributed by atoms with Gasteiger partial charge in [-0.2, -0.15) is 0 Å². The molecule has 1 amide bonds. The third kappa shape index (κ3) is 6.39. The summed E-state index contributed by atoms with van der Waals surface area (Å²) < 4.78 is 40.9. The van der Waals surface area contributed by atoms with Gasteiger partial charge in [0.1, 0.15) is 34.7 Å². The molecule has 0 unspecified atom stereocenters. The predicted molar refractivity (Wildman–Crippen MR) is 143 cm³/mol. The summed E-state index contributed by atoms with van der Waals surface area (Å²) in [5, 5.41) is 6.72.